The van der Waals surface area contributed by atoms with Gasteiger partial charge in [0.1, 0.15) is 5.69 Å². The van der Waals surface area contributed by atoms with E-state index in [9.17, 15) is 4.79 Å². The van der Waals surface area contributed by atoms with Crippen LogP contribution in [0.25, 0.3) is 22.4 Å². The summed E-state index contributed by atoms with van der Waals surface area (Å²) in [7, 11) is 0. The monoisotopic (exact) mass is 384 g/mol. The molecule has 0 unspecified atom stereocenters. The molecule has 6 nitrogen and oxygen atoms in total. The van der Waals surface area contributed by atoms with Gasteiger partial charge in [0.15, 0.2) is 5.82 Å². The Morgan fingerprint density at radius 2 is 1.93 bits per heavy atom. The van der Waals surface area contributed by atoms with E-state index in [-0.39, 0.29) is 11.8 Å². The molecule has 5 rings (SSSR count). The second-order valence-electron chi connectivity index (χ2n) is 7.26. The van der Waals surface area contributed by atoms with Crippen molar-refractivity contribution in [2.75, 3.05) is 11.4 Å². The highest BCUT2D eigenvalue weighted by Crippen LogP contribution is 2.32. The van der Waals surface area contributed by atoms with Gasteiger partial charge in [0.05, 0.1) is 0 Å². The Morgan fingerprint density at radius 1 is 1.10 bits per heavy atom. The van der Waals surface area contributed by atoms with E-state index in [0.717, 1.165) is 22.9 Å². The highest BCUT2D eigenvalue weighted by atomic mass is 16.5. The Morgan fingerprint density at radius 3 is 2.76 bits per heavy atom. The number of anilines is 1. The summed E-state index contributed by atoms with van der Waals surface area (Å²) in [4.78, 5) is 23.4. The van der Waals surface area contributed by atoms with Gasteiger partial charge >= 0.3 is 0 Å². The van der Waals surface area contributed by atoms with Crippen molar-refractivity contribution in [3.63, 3.8) is 0 Å². The fourth-order valence-corrected chi connectivity index (χ4v) is 3.83. The Bertz CT molecular complexity index is 1180. The molecule has 2 aromatic carbocycles. The molecule has 1 fully saturated rings. The third-order valence-corrected chi connectivity index (χ3v) is 5.46. The lowest BCUT2D eigenvalue weighted by atomic mass is 10.1. The number of carbonyl (C=O) groups is 1. The second-order valence-corrected chi connectivity index (χ2v) is 7.26. The topological polar surface area (TPSA) is 72.1 Å². The molecular formula is C23H20N4O2. The molecule has 2 aromatic heterocycles. The van der Waals surface area contributed by atoms with Gasteiger partial charge in [-0.3, -0.25) is 9.78 Å². The van der Waals surface area contributed by atoms with Crippen LogP contribution in [0.2, 0.25) is 0 Å². The van der Waals surface area contributed by atoms with E-state index in [1.807, 2.05) is 42.5 Å². The standard InChI is InChI=1S/C23H20N4O2/c1-2-15-7-9-18(10-8-15)27-14-17(13-20(27)28)22-25-23(29-26-22)21-19-6-4-3-5-16(19)11-12-24-21/h3-12,17H,2,13-14H2,1H3/t17-/m1/s1. The summed E-state index contributed by atoms with van der Waals surface area (Å²) < 4.78 is 5.52. The molecule has 144 valence electrons. The van der Waals surface area contributed by atoms with E-state index >= 15 is 0 Å². The van der Waals surface area contributed by atoms with E-state index in [1.165, 1.54) is 5.56 Å². The van der Waals surface area contributed by atoms with Gasteiger partial charge in [-0.2, -0.15) is 4.98 Å². The molecule has 0 saturated carbocycles. The van der Waals surface area contributed by atoms with Gasteiger partial charge in [0.2, 0.25) is 5.91 Å². The fourth-order valence-electron chi connectivity index (χ4n) is 3.83. The van der Waals surface area contributed by atoms with E-state index in [4.69, 9.17) is 4.52 Å². The highest BCUT2D eigenvalue weighted by molar-refractivity contribution is 5.96. The van der Waals surface area contributed by atoms with Crippen molar-refractivity contribution in [3.05, 3.63) is 72.2 Å². The number of hydrogen-bond acceptors (Lipinski definition) is 5. The van der Waals surface area contributed by atoms with Gasteiger partial charge in [0, 0.05) is 36.2 Å². The summed E-state index contributed by atoms with van der Waals surface area (Å²) in [6.45, 7) is 2.66. The lowest BCUT2D eigenvalue weighted by Gasteiger charge is -2.16. The first-order valence-corrected chi connectivity index (χ1v) is 9.80. The average molecular weight is 384 g/mol. The summed E-state index contributed by atoms with van der Waals surface area (Å²) in [6, 6.07) is 18.0. The number of nitrogens with zero attached hydrogens (tertiary/aromatic N) is 4. The summed E-state index contributed by atoms with van der Waals surface area (Å²) >= 11 is 0. The molecule has 0 radical (unpaired) electrons. The van der Waals surface area contributed by atoms with E-state index in [1.54, 1.807) is 11.1 Å². The molecule has 4 aromatic rings. The van der Waals surface area contributed by atoms with Crippen LogP contribution >= 0.6 is 0 Å². The molecule has 0 spiro atoms. The molecule has 1 amide bonds. The molecule has 1 saturated heterocycles. The maximum atomic E-state index is 12.6. The van der Waals surface area contributed by atoms with Gasteiger partial charge < -0.3 is 9.42 Å². The third-order valence-electron chi connectivity index (χ3n) is 5.46. The van der Waals surface area contributed by atoms with Crippen LogP contribution in [0.1, 0.15) is 30.7 Å². The molecule has 0 aliphatic carbocycles. The Kier molecular flexibility index (Phi) is 4.31. The largest absolute Gasteiger partial charge is 0.332 e. The Labute approximate surface area is 168 Å². The predicted molar refractivity (Wildman–Crippen MR) is 111 cm³/mol. The zero-order chi connectivity index (χ0) is 19.8. The van der Waals surface area contributed by atoms with Crippen LogP contribution in [0.5, 0.6) is 0 Å². The lowest BCUT2D eigenvalue weighted by molar-refractivity contribution is -0.117. The van der Waals surface area contributed by atoms with E-state index in [2.05, 4.69) is 34.2 Å². The zero-order valence-electron chi connectivity index (χ0n) is 16.1. The van der Waals surface area contributed by atoms with Gasteiger partial charge in [-0.1, -0.05) is 48.5 Å². The van der Waals surface area contributed by atoms with Crippen LogP contribution < -0.4 is 4.90 Å². The molecule has 0 bridgehead atoms. The summed E-state index contributed by atoms with van der Waals surface area (Å²) in [5.74, 6) is 0.917. The molecule has 1 aliphatic rings. The number of benzene rings is 2. The van der Waals surface area contributed by atoms with Crippen molar-refractivity contribution in [3.8, 4) is 11.6 Å². The highest BCUT2D eigenvalue weighted by Gasteiger charge is 2.34. The number of carbonyl (C=O) groups excluding carboxylic acids is 1. The number of rotatable bonds is 4. The van der Waals surface area contributed by atoms with Crippen LogP contribution in [0, 0.1) is 0 Å². The van der Waals surface area contributed by atoms with E-state index < -0.39 is 0 Å². The van der Waals surface area contributed by atoms with Crippen LogP contribution in [0.4, 0.5) is 5.69 Å². The van der Waals surface area contributed by atoms with Crippen LogP contribution in [0.15, 0.2) is 65.3 Å². The van der Waals surface area contributed by atoms with Crippen molar-refractivity contribution in [2.24, 2.45) is 0 Å². The number of amides is 1. The van der Waals surface area contributed by atoms with Crippen molar-refractivity contribution in [1.82, 2.24) is 15.1 Å². The van der Waals surface area contributed by atoms with Gasteiger partial charge in [-0.15, -0.1) is 0 Å². The number of hydrogen-bond donors (Lipinski definition) is 0. The normalized spacial score (nSPS) is 16.7. The van der Waals surface area contributed by atoms with Gasteiger partial charge in [-0.25, -0.2) is 0 Å². The quantitative estimate of drug-likeness (QED) is 0.522. The maximum absolute atomic E-state index is 12.6. The fraction of sp³-hybridized carbons (Fsp3) is 0.217. The third kappa shape index (κ3) is 3.16. The number of fused-ring (bicyclic) bond motifs is 1. The molecule has 1 aliphatic heterocycles. The van der Waals surface area contributed by atoms with Crippen molar-refractivity contribution >= 4 is 22.4 Å². The van der Waals surface area contributed by atoms with E-state index in [0.29, 0.717) is 30.4 Å². The van der Waals surface area contributed by atoms with Crippen LogP contribution in [-0.4, -0.2) is 27.6 Å². The van der Waals surface area contributed by atoms with Crippen molar-refractivity contribution in [2.45, 2.75) is 25.7 Å². The smallest absolute Gasteiger partial charge is 0.277 e. The van der Waals surface area contributed by atoms with Gasteiger partial charge in [0.25, 0.3) is 5.89 Å². The first-order valence-electron chi connectivity index (χ1n) is 9.80. The minimum absolute atomic E-state index is 0.0777. The molecule has 1 atom stereocenters. The Hall–Kier alpha value is -3.54. The molecule has 0 N–H and O–H groups in total. The van der Waals surface area contributed by atoms with Gasteiger partial charge in [-0.05, 0) is 35.6 Å². The summed E-state index contributed by atoms with van der Waals surface area (Å²) in [6.07, 6.45) is 3.09. The Balaban J connectivity index is 1.41. The number of aryl methyl sites for hydroxylation is 1. The molecular weight excluding hydrogens is 364 g/mol. The molecule has 29 heavy (non-hydrogen) atoms. The minimum atomic E-state index is -0.0965. The number of pyridine rings is 1. The van der Waals surface area contributed by atoms with Crippen LogP contribution in [-0.2, 0) is 11.2 Å². The maximum Gasteiger partial charge on any atom is 0.277 e. The average Bonchev–Trinajstić information content (AvgIpc) is 3.40. The molecule has 6 heteroatoms. The first kappa shape index (κ1) is 17.6. The first-order chi connectivity index (χ1) is 14.2. The summed E-state index contributed by atoms with van der Waals surface area (Å²) in [5, 5.41) is 6.19. The minimum Gasteiger partial charge on any atom is -0.332 e. The summed E-state index contributed by atoms with van der Waals surface area (Å²) in [5.41, 5.74) is 2.83. The van der Waals surface area contributed by atoms with Crippen molar-refractivity contribution in [1.29, 1.82) is 0 Å². The lowest BCUT2D eigenvalue weighted by Crippen LogP contribution is -2.24. The molecule has 3 heterocycles. The van der Waals surface area contributed by atoms with Crippen molar-refractivity contribution < 1.29 is 9.32 Å². The SMILES string of the molecule is CCc1ccc(N2C[C@H](c3noc(-c4nccc5ccccc45)n3)CC2=O)cc1. The van der Waals surface area contributed by atoms with Crippen LogP contribution in [0.3, 0.4) is 0 Å². The zero-order valence-corrected chi connectivity index (χ0v) is 16.1. The second kappa shape index (κ2) is 7.13. The number of aromatic nitrogens is 3. The predicted octanol–water partition coefficient (Wildman–Crippen LogP) is 4.37.